The number of carbonyl (C=O) groups is 1. The summed E-state index contributed by atoms with van der Waals surface area (Å²) in [7, 11) is 1.90. The summed E-state index contributed by atoms with van der Waals surface area (Å²) in [5.41, 5.74) is 0. The lowest BCUT2D eigenvalue weighted by Crippen LogP contribution is -2.37. The van der Waals surface area contributed by atoms with Crippen LogP contribution in [0.5, 0.6) is 0 Å². The molecule has 1 N–H and O–H groups in total. The summed E-state index contributed by atoms with van der Waals surface area (Å²) in [6.45, 7) is 2.96. The number of hydrogen-bond donors (Lipinski definition) is 1. The molecule has 0 saturated carbocycles. The van der Waals surface area contributed by atoms with Crippen LogP contribution in [0.3, 0.4) is 0 Å². The number of carbonyl (C=O) groups excluding carboxylic acids is 1. The van der Waals surface area contributed by atoms with Crippen molar-refractivity contribution in [2.45, 2.75) is 6.42 Å². The van der Waals surface area contributed by atoms with Crippen molar-refractivity contribution in [1.82, 2.24) is 10.2 Å². The van der Waals surface area contributed by atoms with Gasteiger partial charge in [-0.25, -0.2) is 0 Å². The Kier molecular flexibility index (Phi) is 1.60. The van der Waals surface area contributed by atoms with Gasteiger partial charge in [0.15, 0.2) is 0 Å². The molecule has 0 aliphatic carbocycles. The molecule has 2 aliphatic rings. The normalized spacial score (nSPS) is 37.5. The highest BCUT2D eigenvalue weighted by Crippen LogP contribution is 2.27. The summed E-state index contributed by atoms with van der Waals surface area (Å²) in [5, 5.41) is 3.26. The first-order valence-corrected chi connectivity index (χ1v) is 4.25. The molecule has 3 heteroatoms. The molecular weight excluding hydrogens is 140 g/mol. The third kappa shape index (κ3) is 1.03. The van der Waals surface area contributed by atoms with Gasteiger partial charge in [-0.2, -0.15) is 0 Å². The van der Waals surface area contributed by atoms with Gasteiger partial charge in [0, 0.05) is 20.1 Å². The number of fused-ring (bicyclic) bond motifs is 1. The molecule has 0 radical (unpaired) electrons. The van der Waals surface area contributed by atoms with E-state index in [1.54, 1.807) is 0 Å². The average Bonchev–Trinajstić information content (AvgIpc) is 2.30. The van der Waals surface area contributed by atoms with Gasteiger partial charge < -0.3 is 10.2 Å². The van der Waals surface area contributed by atoms with E-state index in [1.165, 1.54) is 6.42 Å². The van der Waals surface area contributed by atoms with Crippen molar-refractivity contribution in [3.05, 3.63) is 0 Å². The third-order valence-corrected chi connectivity index (χ3v) is 2.83. The number of nitrogens with one attached hydrogen (secondary N) is 1. The molecule has 2 rings (SSSR count). The summed E-state index contributed by atoms with van der Waals surface area (Å²) in [5.74, 6) is 1.25. The zero-order chi connectivity index (χ0) is 7.84. The van der Waals surface area contributed by atoms with Crippen LogP contribution >= 0.6 is 0 Å². The van der Waals surface area contributed by atoms with Crippen LogP contribution in [0.15, 0.2) is 0 Å². The molecule has 1 amide bonds. The SMILES string of the molecule is CN1C[C@H]2CCNC[C@@H]2C1=O. The second-order valence-electron chi connectivity index (χ2n) is 3.58. The predicted molar refractivity (Wildman–Crippen MR) is 42.1 cm³/mol. The van der Waals surface area contributed by atoms with Crippen molar-refractivity contribution in [3.63, 3.8) is 0 Å². The molecule has 0 aromatic heterocycles. The van der Waals surface area contributed by atoms with Crippen LogP contribution in [0.25, 0.3) is 0 Å². The largest absolute Gasteiger partial charge is 0.345 e. The van der Waals surface area contributed by atoms with E-state index in [1.807, 2.05) is 11.9 Å². The highest BCUT2D eigenvalue weighted by molar-refractivity contribution is 5.81. The van der Waals surface area contributed by atoms with Gasteiger partial charge in [-0.05, 0) is 18.9 Å². The maximum atomic E-state index is 11.4. The van der Waals surface area contributed by atoms with Gasteiger partial charge >= 0.3 is 0 Å². The van der Waals surface area contributed by atoms with Gasteiger partial charge in [-0.15, -0.1) is 0 Å². The quantitative estimate of drug-likeness (QED) is 0.519. The van der Waals surface area contributed by atoms with Gasteiger partial charge in [-0.3, -0.25) is 4.79 Å². The van der Waals surface area contributed by atoms with Crippen LogP contribution in [0.4, 0.5) is 0 Å². The Hall–Kier alpha value is -0.570. The fourth-order valence-corrected chi connectivity index (χ4v) is 2.15. The minimum atomic E-state index is 0.286. The van der Waals surface area contributed by atoms with Crippen LogP contribution < -0.4 is 5.32 Å². The topological polar surface area (TPSA) is 32.3 Å². The Morgan fingerprint density at radius 1 is 1.64 bits per heavy atom. The summed E-state index contributed by atoms with van der Waals surface area (Å²) >= 11 is 0. The zero-order valence-electron chi connectivity index (χ0n) is 6.84. The number of hydrogen-bond acceptors (Lipinski definition) is 2. The molecule has 2 fully saturated rings. The van der Waals surface area contributed by atoms with Crippen LogP contribution in [0, 0.1) is 11.8 Å². The second-order valence-corrected chi connectivity index (χ2v) is 3.58. The van der Waals surface area contributed by atoms with Crippen LogP contribution in [0.2, 0.25) is 0 Å². The van der Waals surface area contributed by atoms with E-state index in [0.717, 1.165) is 19.6 Å². The summed E-state index contributed by atoms with van der Waals surface area (Å²) in [4.78, 5) is 13.3. The molecule has 2 saturated heterocycles. The highest BCUT2D eigenvalue weighted by Gasteiger charge is 2.39. The van der Waals surface area contributed by atoms with E-state index in [-0.39, 0.29) is 5.92 Å². The van der Waals surface area contributed by atoms with Gasteiger partial charge in [0.25, 0.3) is 0 Å². The van der Waals surface area contributed by atoms with E-state index in [0.29, 0.717) is 11.8 Å². The van der Waals surface area contributed by atoms with Crippen molar-refractivity contribution in [3.8, 4) is 0 Å². The molecule has 0 aromatic carbocycles. The second kappa shape index (κ2) is 2.48. The van der Waals surface area contributed by atoms with Crippen molar-refractivity contribution in [2.75, 3.05) is 26.7 Å². The molecule has 62 valence electrons. The van der Waals surface area contributed by atoms with E-state index in [2.05, 4.69) is 5.32 Å². The fraction of sp³-hybridized carbons (Fsp3) is 0.875. The first kappa shape index (κ1) is 7.10. The Morgan fingerprint density at radius 3 is 3.18 bits per heavy atom. The smallest absolute Gasteiger partial charge is 0.227 e. The Morgan fingerprint density at radius 2 is 2.45 bits per heavy atom. The van der Waals surface area contributed by atoms with Gasteiger partial charge in [0.05, 0.1) is 5.92 Å². The molecule has 2 heterocycles. The minimum absolute atomic E-state index is 0.286. The maximum Gasteiger partial charge on any atom is 0.227 e. The number of nitrogens with zero attached hydrogens (tertiary/aromatic N) is 1. The molecule has 3 nitrogen and oxygen atoms in total. The number of likely N-dealkylation sites (tertiary alicyclic amines) is 1. The molecule has 2 aliphatic heterocycles. The van der Waals surface area contributed by atoms with Gasteiger partial charge in [0.1, 0.15) is 0 Å². The number of piperidine rings is 1. The lowest BCUT2D eigenvalue weighted by atomic mass is 9.89. The standard InChI is InChI=1S/C8H14N2O/c1-10-5-6-2-3-9-4-7(6)8(10)11/h6-7,9H,2-5H2,1H3/t6-,7+/m1/s1. The van der Waals surface area contributed by atoms with E-state index in [9.17, 15) is 4.79 Å². The number of rotatable bonds is 0. The maximum absolute atomic E-state index is 11.4. The minimum Gasteiger partial charge on any atom is -0.345 e. The van der Waals surface area contributed by atoms with Crippen molar-refractivity contribution < 1.29 is 4.79 Å². The van der Waals surface area contributed by atoms with Crippen molar-refractivity contribution in [1.29, 1.82) is 0 Å². The Balaban J connectivity index is 2.11. The lowest BCUT2D eigenvalue weighted by Gasteiger charge is -2.22. The first-order valence-electron chi connectivity index (χ1n) is 4.25. The number of amides is 1. The van der Waals surface area contributed by atoms with Crippen molar-refractivity contribution in [2.24, 2.45) is 11.8 Å². The zero-order valence-corrected chi connectivity index (χ0v) is 6.84. The average molecular weight is 154 g/mol. The van der Waals surface area contributed by atoms with Crippen LogP contribution in [-0.2, 0) is 4.79 Å². The van der Waals surface area contributed by atoms with Gasteiger partial charge in [0.2, 0.25) is 5.91 Å². The lowest BCUT2D eigenvalue weighted by molar-refractivity contribution is -0.130. The predicted octanol–water partition coefficient (Wildman–Crippen LogP) is -0.316. The molecule has 0 unspecified atom stereocenters. The molecular formula is C8H14N2O. The van der Waals surface area contributed by atoms with E-state index < -0.39 is 0 Å². The fourth-order valence-electron chi connectivity index (χ4n) is 2.15. The summed E-state index contributed by atoms with van der Waals surface area (Å²) in [6.07, 6.45) is 1.17. The van der Waals surface area contributed by atoms with Crippen LogP contribution in [0.1, 0.15) is 6.42 Å². The summed E-state index contributed by atoms with van der Waals surface area (Å²) < 4.78 is 0. The van der Waals surface area contributed by atoms with Gasteiger partial charge in [-0.1, -0.05) is 0 Å². The molecule has 0 bridgehead atoms. The highest BCUT2D eigenvalue weighted by atomic mass is 16.2. The Labute approximate surface area is 66.8 Å². The van der Waals surface area contributed by atoms with Crippen LogP contribution in [-0.4, -0.2) is 37.5 Å². The van der Waals surface area contributed by atoms with Crippen molar-refractivity contribution >= 4 is 5.91 Å². The molecule has 2 atom stereocenters. The molecule has 0 spiro atoms. The first-order chi connectivity index (χ1) is 5.29. The third-order valence-electron chi connectivity index (χ3n) is 2.83. The monoisotopic (exact) mass is 154 g/mol. The van der Waals surface area contributed by atoms with E-state index in [4.69, 9.17) is 0 Å². The molecule has 0 aromatic rings. The summed E-state index contributed by atoms with van der Waals surface area (Å²) in [6, 6.07) is 0. The Bertz CT molecular complexity index is 181. The van der Waals surface area contributed by atoms with E-state index >= 15 is 0 Å². The molecule has 11 heavy (non-hydrogen) atoms.